The van der Waals surface area contributed by atoms with Crippen molar-refractivity contribution >= 4 is 26.5 Å². The molecule has 0 saturated carbocycles. The van der Waals surface area contributed by atoms with E-state index in [1.54, 1.807) is 25.3 Å². The molecule has 0 fully saturated rings. The Morgan fingerprint density at radius 1 is 1.22 bits per heavy atom. The van der Waals surface area contributed by atoms with Crippen LogP contribution in [0.4, 0.5) is 18.3 Å². The minimum atomic E-state index is -4.49. The third-order valence-corrected chi connectivity index (χ3v) is 6.95. The number of fused-ring (bicyclic) bond motifs is 1. The Kier molecular flexibility index (Phi) is 5.58. The van der Waals surface area contributed by atoms with E-state index in [-0.39, 0.29) is 15.8 Å². The maximum atomic E-state index is 13.1. The van der Waals surface area contributed by atoms with E-state index in [0.29, 0.717) is 17.7 Å². The van der Waals surface area contributed by atoms with E-state index in [9.17, 15) is 21.6 Å². The molecule has 1 atom stereocenters. The topological polar surface area (TPSA) is 77.5 Å². The van der Waals surface area contributed by atoms with Crippen LogP contribution in [0, 0.1) is 0 Å². The fourth-order valence-electron chi connectivity index (χ4n) is 3.39. The van der Waals surface area contributed by atoms with Gasteiger partial charge in [-0.05, 0) is 38.1 Å². The van der Waals surface area contributed by atoms with Gasteiger partial charge in [0.15, 0.2) is 5.13 Å². The lowest BCUT2D eigenvalue weighted by Crippen LogP contribution is -2.36. The van der Waals surface area contributed by atoms with Crippen molar-refractivity contribution in [2.45, 2.75) is 43.0 Å². The lowest BCUT2D eigenvalue weighted by molar-refractivity contribution is -0.137. The molecule has 1 aliphatic heterocycles. The summed E-state index contributed by atoms with van der Waals surface area (Å²) in [5.74, 6) is 0.357. The molecule has 170 valence electrons. The zero-order valence-corrected chi connectivity index (χ0v) is 18.6. The van der Waals surface area contributed by atoms with Crippen LogP contribution < -0.4 is 14.2 Å². The summed E-state index contributed by atoms with van der Waals surface area (Å²) >= 11 is 1.14. The average molecular weight is 485 g/mol. The maximum Gasteiger partial charge on any atom is 0.416 e. The van der Waals surface area contributed by atoms with Crippen molar-refractivity contribution in [3.05, 3.63) is 65.2 Å². The first-order valence-corrected chi connectivity index (χ1v) is 11.9. The molecule has 4 rings (SSSR count). The van der Waals surface area contributed by atoms with E-state index in [1.807, 2.05) is 0 Å². The number of nitrogens with one attached hydrogen (secondary N) is 1. The molecule has 11 heteroatoms. The van der Waals surface area contributed by atoms with Crippen LogP contribution in [0.3, 0.4) is 0 Å². The number of hydrogen-bond acceptors (Lipinski definition) is 6. The monoisotopic (exact) mass is 484 g/mol. The maximum absolute atomic E-state index is 13.1. The molecule has 0 spiro atoms. The molecule has 0 radical (unpaired) electrons. The van der Waals surface area contributed by atoms with Crippen molar-refractivity contribution in [2.24, 2.45) is 0 Å². The summed E-state index contributed by atoms with van der Waals surface area (Å²) in [7, 11) is -3.90. The summed E-state index contributed by atoms with van der Waals surface area (Å²) < 4.78 is 78.9. The number of alkyl halides is 3. The highest BCUT2D eigenvalue weighted by Crippen LogP contribution is 2.43. The first-order chi connectivity index (χ1) is 14.9. The Bertz CT molecular complexity index is 1230. The predicted molar refractivity (Wildman–Crippen MR) is 114 cm³/mol. The van der Waals surface area contributed by atoms with Gasteiger partial charge in [0.2, 0.25) is 0 Å². The van der Waals surface area contributed by atoms with Crippen LogP contribution in [0.1, 0.15) is 37.5 Å². The highest BCUT2D eigenvalue weighted by molar-refractivity contribution is 7.93. The standard InChI is InChI=1S/C21H19F3N2O4S2/c1-20(2)12-18(29-14-5-3-4-13(10-14)21(22,23)24)16-7-6-15(11-17(16)30-20)32(27,28)26-19-25-8-9-31-19/h3-11,18H,12H2,1-2H3,(H,25,26). The molecule has 32 heavy (non-hydrogen) atoms. The number of hydrogen-bond donors (Lipinski definition) is 1. The molecule has 6 nitrogen and oxygen atoms in total. The van der Waals surface area contributed by atoms with E-state index < -0.39 is 33.5 Å². The molecule has 0 bridgehead atoms. The summed E-state index contributed by atoms with van der Waals surface area (Å²) in [4.78, 5) is 3.89. The van der Waals surface area contributed by atoms with Crippen LogP contribution in [0.15, 0.2) is 58.9 Å². The van der Waals surface area contributed by atoms with Crippen LogP contribution in [-0.4, -0.2) is 19.0 Å². The van der Waals surface area contributed by atoms with E-state index in [2.05, 4.69) is 9.71 Å². The highest BCUT2D eigenvalue weighted by Gasteiger charge is 2.37. The minimum Gasteiger partial charge on any atom is -0.487 e. The fourth-order valence-corrected chi connectivity index (χ4v) is 5.20. The zero-order chi connectivity index (χ0) is 23.1. The molecule has 2 aromatic carbocycles. The van der Waals surface area contributed by atoms with Crippen molar-refractivity contribution < 1.29 is 31.1 Å². The molecule has 3 aromatic rings. The number of halogens is 3. The Hall–Kier alpha value is -2.79. The summed E-state index contributed by atoms with van der Waals surface area (Å²) in [5, 5.41) is 1.88. The number of anilines is 1. The van der Waals surface area contributed by atoms with Crippen molar-refractivity contribution in [1.29, 1.82) is 0 Å². The van der Waals surface area contributed by atoms with Crippen molar-refractivity contribution in [1.82, 2.24) is 4.98 Å². The molecule has 0 aliphatic carbocycles. The van der Waals surface area contributed by atoms with Gasteiger partial charge in [-0.3, -0.25) is 4.72 Å². The molecule has 2 heterocycles. The Balaban J connectivity index is 1.65. The molecular weight excluding hydrogens is 465 g/mol. The Morgan fingerprint density at radius 2 is 2.00 bits per heavy atom. The third-order valence-electron chi connectivity index (χ3n) is 4.80. The van der Waals surface area contributed by atoms with E-state index in [1.165, 1.54) is 30.5 Å². The predicted octanol–water partition coefficient (Wildman–Crippen LogP) is 5.64. The third kappa shape index (κ3) is 4.83. The summed E-state index contributed by atoms with van der Waals surface area (Å²) in [6.45, 7) is 3.60. The fraction of sp³-hybridized carbons (Fsp3) is 0.286. The Labute approximate surface area is 187 Å². The molecule has 1 N–H and O–H groups in total. The zero-order valence-electron chi connectivity index (χ0n) is 17.0. The van der Waals surface area contributed by atoms with Gasteiger partial charge in [0.1, 0.15) is 23.2 Å². The van der Waals surface area contributed by atoms with Crippen LogP contribution in [0.2, 0.25) is 0 Å². The lowest BCUT2D eigenvalue weighted by Gasteiger charge is -2.37. The van der Waals surface area contributed by atoms with Crippen LogP contribution in [0.5, 0.6) is 11.5 Å². The van der Waals surface area contributed by atoms with Gasteiger partial charge in [0.25, 0.3) is 10.0 Å². The van der Waals surface area contributed by atoms with Crippen LogP contribution in [-0.2, 0) is 16.2 Å². The smallest absolute Gasteiger partial charge is 0.416 e. The van der Waals surface area contributed by atoms with Gasteiger partial charge in [-0.1, -0.05) is 12.1 Å². The second-order valence-electron chi connectivity index (χ2n) is 7.84. The average Bonchev–Trinajstić information content (AvgIpc) is 3.18. The normalized spacial score (nSPS) is 17.8. The number of ether oxygens (including phenoxy) is 2. The second-order valence-corrected chi connectivity index (χ2v) is 10.4. The van der Waals surface area contributed by atoms with Gasteiger partial charge in [-0.25, -0.2) is 13.4 Å². The summed E-state index contributed by atoms with van der Waals surface area (Å²) in [6, 6.07) is 8.99. The number of sulfonamides is 1. The number of aromatic nitrogens is 1. The van der Waals surface area contributed by atoms with E-state index >= 15 is 0 Å². The van der Waals surface area contributed by atoms with Crippen molar-refractivity contribution in [3.8, 4) is 11.5 Å². The SMILES string of the molecule is CC1(C)CC(Oc2cccc(C(F)(F)F)c2)c2ccc(S(=O)(=O)Nc3nccs3)cc2O1. The van der Waals surface area contributed by atoms with Gasteiger partial charge >= 0.3 is 6.18 Å². The molecule has 1 aliphatic rings. The summed E-state index contributed by atoms with van der Waals surface area (Å²) in [6.07, 6.45) is -3.27. The van der Waals surface area contributed by atoms with E-state index in [4.69, 9.17) is 9.47 Å². The lowest BCUT2D eigenvalue weighted by atomic mass is 9.91. The number of benzene rings is 2. The van der Waals surface area contributed by atoms with Gasteiger partial charge in [-0.15, -0.1) is 11.3 Å². The van der Waals surface area contributed by atoms with Gasteiger partial charge < -0.3 is 9.47 Å². The first-order valence-electron chi connectivity index (χ1n) is 9.52. The van der Waals surface area contributed by atoms with Gasteiger partial charge in [-0.2, -0.15) is 13.2 Å². The second kappa shape index (κ2) is 7.96. The first kappa shape index (κ1) is 22.4. The highest BCUT2D eigenvalue weighted by atomic mass is 32.2. The summed E-state index contributed by atoms with van der Waals surface area (Å²) in [5.41, 5.74) is -0.990. The molecule has 0 amide bonds. The minimum absolute atomic E-state index is 0.0260. The van der Waals surface area contributed by atoms with Crippen LogP contribution in [0.25, 0.3) is 0 Å². The Morgan fingerprint density at radius 3 is 2.69 bits per heavy atom. The van der Waals surface area contributed by atoms with Gasteiger partial charge in [0, 0.05) is 29.6 Å². The number of rotatable bonds is 5. The molecule has 1 unspecified atom stereocenters. The molecule has 0 saturated heterocycles. The molecular formula is C21H19F3N2O4S2. The van der Waals surface area contributed by atoms with Crippen molar-refractivity contribution in [2.75, 3.05) is 4.72 Å². The number of nitrogens with zero attached hydrogens (tertiary/aromatic N) is 1. The molecule has 1 aromatic heterocycles. The largest absolute Gasteiger partial charge is 0.487 e. The van der Waals surface area contributed by atoms with Gasteiger partial charge in [0.05, 0.1) is 10.5 Å². The van der Waals surface area contributed by atoms with Crippen LogP contribution >= 0.6 is 11.3 Å². The van der Waals surface area contributed by atoms with Crippen molar-refractivity contribution in [3.63, 3.8) is 0 Å². The number of thiazole rings is 1. The van der Waals surface area contributed by atoms with E-state index in [0.717, 1.165) is 23.5 Å². The quantitative estimate of drug-likeness (QED) is 0.507.